The number of aromatic nitrogens is 2. The van der Waals surface area contributed by atoms with Crippen molar-refractivity contribution in [3.8, 4) is 0 Å². The second kappa shape index (κ2) is 9.67. The minimum absolute atomic E-state index is 0.163. The Morgan fingerprint density at radius 2 is 1.86 bits per heavy atom. The Bertz CT molecular complexity index is 793. The Morgan fingerprint density at radius 3 is 2.46 bits per heavy atom. The van der Waals surface area contributed by atoms with Crippen LogP contribution in [0.15, 0.2) is 41.1 Å². The first-order chi connectivity index (χ1) is 13.4. The lowest BCUT2D eigenvalue weighted by atomic mass is 9.96. The molecule has 1 aromatic heterocycles. The molecule has 1 atom stereocenters. The predicted molar refractivity (Wildman–Crippen MR) is 116 cm³/mol. The Balaban J connectivity index is 1.68. The number of anilines is 1. The van der Waals surface area contributed by atoms with Gasteiger partial charge in [-0.25, -0.2) is 9.97 Å². The van der Waals surface area contributed by atoms with Crippen LogP contribution in [0.2, 0.25) is 5.15 Å². The van der Waals surface area contributed by atoms with Crippen molar-refractivity contribution in [1.29, 1.82) is 0 Å². The molecule has 3 rings (SSSR count). The van der Waals surface area contributed by atoms with E-state index in [1.807, 2.05) is 29.2 Å². The van der Waals surface area contributed by atoms with Crippen molar-refractivity contribution in [3.63, 3.8) is 0 Å². The maximum atomic E-state index is 13.3. The second-order valence-electron chi connectivity index (χ2n) is 7.18. The molecule has 1 saturated heterocycles. The summed E-state index contributed by atoms with van der Waals surface area (Å²) in [5.74, 6) is 0.768. The molecule has 1 aromatic carbocycles. The topological polar surface area (TPSA) is 61.4 Å². The van der Waals surface area contributed by atoms with Gasteiger partial charge in [-0.05, 0) is 17.7 Å². The van der Waals surface area contributed by atoms with Crippen LogP contribution < -0.4 is 10.2 Å². The molecule has 0 spiro atoms. The third kappa shape index (κ3) is 5.43. The Morgan fingerprint density at radius 1 is 1.18 bits per heavy atom. The van der Waals surface area contributed by atoms with Crippen molar-refractivity contribution < 1.29 is 4.79 Å². The van der Waals surface area contributed by atoms with Gasteiger partial charge in [-0.15, -0.1) is 0 Å². The summed E-state index contributed by atoms with van der Waals surface area (Å²) in [7, 11) is 0. The molecule has 2 heterocycles. The van der Waals surface area contributed by atoms with Crippen LogP contribution in [0.3, 0.4) is 0 Å². The van der Waals surface area contributed by atoms with Crippen LogP contribution in [0, 0.1) is 0 Å². The molecule has 2 aromatic rings. The molecule has 0 bridgehead atoms. The number of carbonyl (C=O) groups excluding carboxylic acids is 1. The molecule has 28 heavy (non-hydrogen) atoms. The first kappa shape index (κ1) is 21.0. The molecule has 150 valence electrons. The van der Waals surface area contributed by atoms with Crippen molar-refractivity contribution in [2.45, 2.75) is 25.8 Å². The van der Waals surface area contributed by atoms with E-state index in [9.17, 15) is 4.79 Å². The van der Waals surface area contributed by atoms with Crippen molar-refractivity contribution >= 4 is 39.3 Å². The monoisotopic (exact) mass is 465 g/mol. The highest BCUT2D eigenvalue weighted by Crippen LogP contribution is 2.23. The Labute approximate surface area is 179 Å². The number of hydrogen-bond donors (Lipinski definition) is 1. The SMILES string of the molecule is CC(C)NCC(C(=O)N1CCN(c2cc(Cl)ncn2)CC1)c1ccc(Br)cc1. The smallest absolute Gasteiger partial charge is 0.231 e. The first-order valence-corrected chi connectivity index (χ1v) is 10.6. The number of carbonyl (C=O) groups is 1. The zero-order valence-corrected chi connectivity index (χ0v) is 18.4. The van der Waals surface area contributed by atoms with Gasteiger partial charge in [0.2, 0.25) is 5.91 Å². The van der Waals surface area contributed by atoms with Gasteiger partial charge in [0.15, 0.2) is 0 Å². The quantitative estimate of drug-likeness (QED) is 0.662. The van der Waals surface area contributed by atoms with Gasteiger partial charge in [-0.2, -0.15) is 0 Å². The number of piperazine rings is 1. The van der Waals surface area contributed by atoms with Gasteiger partial charge in [0.05, 0.1) is 5.92 Å². The fourth-order valence-corrected chi connectivity index (χ4v) is 3.68. The molecule has 1 aliphatic rings. The van der Waals surface area contributed by atoms with E-state index in [0.29, 0.717) is 30.8 Å². The molecule has 6 nitrogen and oxygen atoms in total. The number of amides is 1. The molecule has 0 saturated carbocycles. The lowest BCUT2D eigenvalue weighted by Gasteiger charge is -2.37. The van der Waals surface area contributed by atoms with Gasteiger partial charge in [0.1, 0.15) is 17.3 Å². The van der Waals surface area contributed by atoms with E-state index >= 15 is 0 Å². The van der Waals surface area contributed by atoms with Gasteiger partial charge in [-0.3, -0.25) is 4.79 Å². The lowest BCUT2D eigenvalue weighted by molar-refractivity contribution is -0.133. The van der Waals surface area contributed by atoms with Crippen molar-refractivity contribution in [2.75, 3.05) is 37.6 Å². The summed E-state index contributed by atoms with van der Waals surface area (Å²) in [5, 5.41) is 3.85. The molecule has 0 aliphatic carbocycles. The summed E-state index contributed by atoms with van der Waals surface area (Å²) < 4.78 is 1.01. The zero-order valence-electron chi connectivity index (χ0n) is 16.1. The second-order valence-corrected chi connectivity index (χ2v) is 8.48. The summed E-state index contributed by atoms with van der Waals surface area (Å²) in [4.78, 5) is 25.6. The van der Waals surface area contributed by atoms with E-state index in [0.717, 1.165) is 28.9 Å². The average Bonchev–Trinajstić information content (AvgIpc) is 2.69. The third-order valence-electron chi connectivity index (χ3n) is 4.84. The van der Waals surface area contributed by atoms with E-state index in [1.54, 1.807) is 6.07 Å². The van der Waals surface area contributed by atoms with Crippen LogP contribution >= 0.6 is 27.5 Å². The van der Waals surface area contributed by atoms with Crippen molar-refractivity contribution in [3.05, 3.63) is 51.8 Å². The number of rotatable bonds is 6. The number of halogens is 2. The number of hydrogen-bond acceptors (Lipinski definition) is 5. The fraction of sp³-hybridized carbons (Fsp3) is 0.450. The summed E-state index contributed by atoms with van der Waals surface area (Å²) in [6.07, 6.45) is 1.47. The average molecular weight is 467 g/mol. The molecular weight excluding hydrogens is 442 g/mol. The minimum Gasteiger partial charge on any atom is -0.353 e. The number of nitrogens with zero attached hydrogens (tertiary/aromatic N) is 4. The fourth-order valence-electron chi connectivity index (χ4n) is 3.27. The standard InChI is InChI=1S/C20H25BrClN5O/c1-14(2)23-12-17(15-3-5-16(21)6-4-15)20(28)27-9-7-26(8-10-27)19-11-18(22)24-13-25-19/h3-6,11,13-14,17,23H,7-10,12H2,1-2H3. The Kier molecular flexibility index (Phi) is 7.26. The normalized spacial score (nSPS) is 15.8. The first-order valence-electron chi connectivity index (χ1n) is 9.44. The van der Waals surface area contributed by atoms with Crippen LogP contribution in [0.5, 0.6) is 0 Å². The largest absolute Gasteiger partial charge is 0.353 e. The van der Waals surface area contributed by atoms with E-state index in [2.05, 4.69) is 50.0 Å². The summed E-state index contributed by atoms with van der Waals surface area (Å²) in [6, 6.07) is 10.1. The zero-order chi connectivity index (χ0) is 20.1. The van der Waals surface area contributed by atoms with Crippen LogP contribution in [0.4, 0.5) is 5.82 Å². The summed E-state index contributed by atoms with van der Waals surface area (Å²) >= 11 is 9.44. The van der Waals surface area contributed by atoms with Gasteiger partial charge < -0.3 is 15.1 Å². The number of benzene rings is 1. The van der Waals surface area contributed by atoms with Crippen molar-refractivity contribution in [2.24, 2.45) is 0 Å². The van der Waals surface area contributed by atoms with E-state index < -0.39 is 0 Å². The summed E-state index contributed by atoms with van der Waals surface area (Å²) in [5.41, 5.74) is 1.03. The number of nitrogens with one attached hydrogen (secondary N) is 1. The maximum Gasteiger partial charge on any atom is 0.231 e. The molecule has 1 fully saturated rings. The van der Waals surface area contributed by atoms with E-state index in [4.69, 9.17) is 11.6 Å². The van der Waals surface area contributed by atoms with E-state index in [-0.39, 0.29) is 11.8 Å². The van der Waals surface area contributed by atoms with Gasteiger partial charge in [0, 0.05) is 49.3 Å². The highest BCUT2D eigenvalue weighted by molar-refractivity contribution is 9.10. The molecular formula is C20H25BrClN5O. The molecule has 8 heteroatoms. The van der Waals surface area contributed by atoms with Gasteiger partial charge in [0.25, 0.3) is 0 Å². The Hall–Kier alpha value is -1.70. The van der Waals surface area contributed by atoms with Crippen LogP contribution in [0.1, 0.15) is 25.3 Å². The minimum atomic E-state index is -0.199. The highest BCUT2D eigenvalue weighted by Gasteiger charge is 2.29. The van der Waals surface area contributed by atoms with Crippen LogP contribution in [0.25, 0.3) is 0 Å². The summed E-state index contributed by atoms with van der Waals surface area (Å²) in [6.45, 7) is 7.58. The van der Waals surface area contributed by atoms with E-state index in [1.165, 1.54) is 6.33 Å². The molecule has 1 N–H and O–H groups in total. The van der Waals surface area contributed by atoms with Crippen molar-refractivity contribution in [1.82, 2.24) is 20.2 Å². The molecule has 1 amide bonds. The van der Waals surface area contributed by atoms with Crippen LogP contribution in [-0.2, 0) is 4.79 Å². The predicted octanol–water partition coefficient (Wildman–Crippen LogP) is 3.32. The molecule has 0 radical (unpaired) electrons. The van der Waals surface area contributed by atoms with Gasteiger partial charge >= 0.3 is 0 Å². The van der Waals surface area contributed by atoms with Crippen LogP contribution in [-0.4, -0.2) is 59.5 Å². The third-order valence-corrected chi connectivity index (χ3v) is 5.57. The van der Waals surface area contributed by atoms with Gasteiger partial charge in [-0.1, -0.05) is 53.5 Å². The molecule has 1 aliphatic heterocycles. The maximum absolute atomic E-state index is 13.3. The molecule has 1 unspecified atom stereocenters. The lowest BCUT2D eigenvalue weighted by Crippen LogP contribution is -2.51. The highest BCUT2D eigenvalue weighted by atomic mass is 79.9.